The van der Waals surface area contributed by atoms with Gasteiger partial charge in [0.2, 0.25) is 0 Å². The SMILES string of the molecule is [C-]#[N+]C1C(C2CCN(C(=O)OC(C)(C)C)CC2)=Nc2[nH]ncc2C1c1cccc(C(F)(F)F)c1Cl. The quantitative estimate of drug-likeness (QED) is 0.489. The third-order valence-electron chi connectivity index (χ3n) is 6.22. The van der Waals surface area contributed by atoms with Crippen LogP contribution in [-0.2, 0) is 10.9 Å². The van der Waals surface area contributed by atoms with E-state index in [0.717, 1.165) is 6.07 Å². The van der Waals surface area contributed by atoms with Crippen molar-refractivity contribution in [3.8, 4) is 0 Å². The number of halogens is 4. The van der Waals surface area contributed by atoms with Crippen LogP contribution in [0.15, 0.2) is 29.4 Å². The number of hydrogen-bond acceptors (Lipinski definition) is 4. The number of carbonyl (C=O) groups is 1. The Morgan fingerprint density at radius 1 is 1.23 bits per heavy atom. The summed E-state index contributed by atoms with van der Waals surface area (Å²) in [7, 11) is 0. The molecule has 0 saturated carbocycles. The van der Waals surface area contributed by atoms with Crippen LogP contribution < -0.4 is 0 Å². The zero-order valence-electron chi connectivity index (χ0n) is 19.5. The predicted octanol–water partition coefficient (Wildman–Crippen LogP) is 6.23. The van der Waals surface area contributed by atoms with Gasteiger partial charge in [-0.2, -0.15) is 18.3 Å². The van der Waals surface area contributed by atoms with E-state index in [4.69, 9.17) is 22.9 Å². The first-order chi connectivity index (χ1) is 16.4. The molecule has 11 heteroatoms. The van der Waals surface area contributed by atoms with Gasteiger partial charge in [0.1, 0.15) is 11.3 Å². The normalized spacial score (nSPS) is 21.2. The van der Waals surface area contributed by atoms with Crippen molar-refractivity contribution >= 4 is 29.2 Å². The van der Waals surface area contributed by atoms with Crippen molar-refractivity contribution in [1.82, 2.24) is 15.1 Å². The van der Waals surface area contributed by atoms with Gasteiger partial charge in [0.25, 0.3) is 6.04 Å². The number of amides is 1. The van der Waals surface area contributed by atoms with Gasteiger partial charge >= 0.3 is 12.3 Å². The fourth-order valence-electron chi connectivity index (χ4n) is 4.65. The van der Waals surface area contributed by atoms with Gasteiger partial charge in [-0.25, -0.2) is 16.4 Å². The van der Waals surface area contributed by atoms with Gasteiger partial charge in [-0.15, -0.1) is 0 Å². The molecule has 35 heavy (non-hydrogen) atoms. The van der Waals surface area contributed by atoms with Crippen molar-refractivity contribution in [3.63, 3.8) is 0 Å². The number of aromatic nitrogens is 2. The van der Waals surface area contributed by atoms with Crippen molar-refractivity contribution in [1.29, 1.82) is 0 Å². The molecule has 0 aliphatic carbocycles. The molecule has 1 aromatic carbocycles. The zero-order valence-corrected chi connectivity index (χ0v) is 20.2. The number of alkyl halides is 3. The summed E-state index contributed by atoms with van der Waals surface area (Å²) in [6.07, 6.45) is -2.43. The topological polar surface area (TPSA) is 74.9 Å². The van der Waals surface area contributed by atoms with Gasteiger partial charge in [0, 0.05) is 24.6 Å². The maximum Gasteiger partial charge on any atom is 0.417 e. The summed E-state index contributed by atoms with van der Waals surface area (Å²) in [5, 5.41) is 6.40. The molecule has 2 aliphatic rings. The Morgan fingerprint density at radius 2 is 1.91 bits per heavy atom. The van der Waals surface area contributed by atoms with Gasteiger partial charge in [-0.3, -0.25) is 5.10 Å². The number of ether oxygens (including phenoxy) is 1. The van der Waals surface area contributed by atoms with E-state index < -0.39 is 40.4 Å². The number of aliphatic imine (C=N–C) groups is 1. The van der Waals surface area contributed by atoms with Crippen LogP contribution in [0.4, 0.5) is 23.8 Å². The number of benzene rings is 1. The number of carbonyl (C=O) groups excluding carboxylic acids is 1. The molecule has 186 valence electrons. The summed E-state index contributed by atoms with van der Waals surface area (Å²) in [6.45, 7) is 14.2. The molecule has 0 bridgehead atoms. The van der Waals surface area contributed by atoms with E-state index in [1.54, 1.807) is 25.7 Å². The molecule has 2 atom stereocenters. The van der Waals surface area contributed by atoms with E-state index in [2.05, 4.69) is 20.0 Å². The molecule has 0 spiro atoms. The van der Waals surface area contributed by atoms with Crippen LogP contribution in [0, 0.1) is 12.5 Å². The van der Waals surface area contributed by atoms with Gasteiger partial charge in [0.15, 0.2) is 5.82 Å². The number of hydrogen-bond donors (Lipinski definition) is 1. The minimum absolute atomic E-state index is 0.128. The molecule has 1 N–H and O–H groups in total. The maximum atomic E-state index is 13.6. The fourth-order valence-corrected chi connectivity index (χ4v) is 5.00. The third-order valence-corrected chi connectivity index (χ3v) is 6.64. The number of piperidine rings is 1. The number of likely N-dealkylation sites (tertiary alicyclic amines) is 1. The maximum absolute atomic E-state index is 13.6. The molecule has 1 saturated heterocycles. The van der Waals surface area contributed by atoms with Crippen LogP contribution in [0.2, 0.25) is 5.02 Å². The first-order valence-corrected chi connectivity index (χ1v) is 11.6. The highest BCUT2D eigenvalue weighted by molar-refractivity contribution is 6.32. The van der Waals surface area contributed by atoms with Crippen LogP contribution in [0.5, 0.6) is 0 Å². The van der Waals surface area contributed by atoms with Crippen molar-refractivity contribution in [2.45, 2.75) is 57.3 Å². The first kappa shape index (κ1) is 25.0. The number of fused-ring (bicyclic) bond motifs is 1. The van der Waals surface area contributed by atoms with Crippen molar-refractivity contribution in [2.75, 3.05) is 13.1 Å². The van der Waals surface area contributed by atoms with E-state index in [9.17, 15) is 18.0 Å². The fraction of sp³-hybridized carbons (Fsp3) is 0.500. The zero-order chi connectivity index (χ0) is 25.5. The van der Waals surface area contributed by atoms with E-state index >= 15 is 0 Å². The van der Waals surface area contributed by atoms with Gasteiger partial charge in [-0.1, -0.05) is 23.7 Å². The summed E-state index contributed by atoms with van der Waals surface area (Å²) in [4.78, 5) is 22.5. The Labute approximate surface area is 206 Å². The lowest BCUT2D eigenvalue weighted by atomic mass is 9.76. The Morgan fingerprint density at radius 3 is 2.51 bits per heavy atom. The van der Waals surface area contributed by atoms with Crippen LogP contribution in [-0.4, -0.2) is 51.6 Å². The lowest BCUT2D eigenvalue weighted by molar-refractivity contribution is -0.137. The first-order valence-electron chi connectivity index (χ1n) is 11.2. The molecular formula is C24H25ClF3N5O2. The molecule has 2 aromatic rings. The summed E-state index contributed by atoms with van der Waals surface area (Å²) < 4.78 is 46.1. The Balaban J connectivity index is 1.65. The molecule has 1 fully saturated rings. The van der Waals surface area contributed by atoms with Crippen molar-refractivity contribution < 1.29 is 22.7 Å². The second-order valence-corrected chi connectivity index (χ2v) is 10.1. The number of nitrogens with zero attached hydrogens (tertiary/aromatic N) is 4. The number of H-pyrrole nitrogens is 1. The molecule has 4 rings (SSSR count). The molecule has 3 heterocycles. The van der Waals surface area contributed by atoms with Crippen LogP contribution in [0.3, 0.4) is 0 Å². The van der Waals surface area contributed by atoms with Crippen LogP contribution in [0.25, 0.3) is 4.85 Å². The second kappa shape index (κ2) is 9.19. The summed E-state index contributed by atoms with van der Waals surface area (Å²) in [5.41, 5.74) is -0.240. The monoisotopic (exact) mass is 507 g/mol. The van der Waals surface area contributed by atoms with Gasteiger partial charge in [-0.05, 0) is 45.2 Å². The average molecular weight is 508 g/mol. The molecule has 2 unspecified atom stereocenters. The van der Waals surface area contributed by atoms with Crippen molar-refractivity contribution in [3.05, 3.63) is 57.5 Å². The highest BCUT2D eigenvalue weighted by atomic mass is 35.5. The molecule has 1 amide bonds. The van der Waals surface area contributed by atoms with Gasteiger partial charge in [0.05, 0.1) is 22.7 Å². The number of nitrogens with one attached hydrogen (secondary N) is 1. The molecule has 2 aliphatic heterocycles. The van der Waals surface area contributed by atoms with E-state index in [1.807, 2.05) is 0 Å². The van der Waals surface area contributed by atoms with Gasteiger partial charge < -0.3 is 14.5 Å². The second-order valence-electron chi connectivity index (χ2n) is 9.71. The summed E-state index contributed by atoms with van der Waals surface area (Å²) >= 11 is 6.27. The minimum atomic E-state index is -4.62. The Kier molecular flexibility index (Phi) is 6.58. The van der Waals surface area contributed by atoms with E-state index in [1.165, 1.54) is 18.3 Å². The largest absolute Gasteiger partial charge is 0.444 e. The minimum Gasteiger partial charge on any atom is -0.444 e. The highest BCUT2D eigenvalue weighted by Gasteiger charge is 2.46. The predicted molar refractivity (Wildman–Crippen MR) is 125 cm³/mol. The number of aromatic amines is 1. The van der Waals surface area contributed by atoms with E-state index in [-0.39, 0.29) is 11.5 Å². The number of rotatable bonds is 2. The van der Waals surface area contributed by atoms with Crippen molar-refractivity contribution in [2.24, 2.45) is 10.9 Å². The summed E-state index contributed by atoms with van der Waals surface area (Å²) in [5.74, 6) is -0.475. The molecule has 1 aromatic heterocycles. The van der Waals surface area contributed by atoms with E-state index in [0.29, 0.717) is 43.0 Å². The smallest absolute Gasteiger partial charge is 0.417 e. The lowest BCUT2D eigenvalue weighted by Gasteiger charge is -2.35. The lowest BCUT2D eigenvalue weighted by Crippen LogP contribution is -2.45. The highest BCUT2D eigenvalue weighted by Crippen LogP contribution is 2.46. The molecule has 0 radical (unpaired) electrons. The van der Waals surface area contributed by atoms with Crippen LogP contribution >= 0.6 is 11.6 Å². The van der Waals surface area contributed by atoms with Crippen LogP contribution in [0.1, 0.15) is 56.2 Å². The molecular weight excluding hydrogens is 483 g/mol. The summed E-state index contributed by atoms with van der Waals surface area (Å²) in [6, 6.07) is 2.90. The molecule has 7 nitrogen and oxygen atoms in total. The average Bonchev–Trinajstić information content (AvgIpc) is 3.24. The third kappa shape index (κ3) is 5.01. The standard InChI is InChI=1S/C24H25ClF3N5O2/c1-23(2,3)35-22(34)33-10-8-13(9-11-33)19-20(29-4)17(15-12-30-32-21(15)31-19)14-6-5-7-16(18(14)25)24(26,27)28/h5-7,12-13,17,20H,8-11H2,1-3H3,(H,30,32). The Hall–Kier alpha value is -3.06. The Bertz CT molecular complexity index is 1190.